The van der Waals surface area contributed by atoms with E-state index in [9.17, 15) is 0 Å². The summed E-state index contributed by atoms with van der Waals surface area (Å²) in [6.45, 7) is 5.55. The molecule has 0 aliphatic rings. The van der Waals surface area contributed by atoms with Gasteiger partial charge in [0.15, 0.2) is 0 Å². The molecule has 0 fully saturated rings. The third-order valence-electron chi connectivity index (χ3n) is 0.457. The van der Waals surface area contributed by atoms with E-state index in [0.717, 1.165) is 0 Å². The Morgan fingerprint density at radius 2 is 2.29 bits per heavy atom. The van der Waals surface area contributed by atoms with Gasteiger partial charge in [-0.1, -0.05) is 32.7 Å². The van der Waals surface area contributed by atoms with E-state index in [1.165, 1.54) is 8.20 Å². The number of hydrogen-bond acceptors (Lipinski definition) is 0. The topological polar surface area (TPSA) is 0 Å². The maximum Gasteiger partial charge on any atom is -0.0350 e. The Morgan fingerprint density at radius 1 is 1.57 bits per heavy atom. The van der Waals surface area contributed by atoms with Gasteiger partial charge in [-0.25, -0.2) is 0 Å². The second-order valence-corrected chi connectivity index (χ2v) is 2.10. The van der Waals surface area contributed by atoms with Gasteiger partial charge in [-0.05, 0) is 12.7 Å². The molecule has 1 heteroatoms. The van der Waals surface area contributed by atoms with Crippen LogP contribution in [-0.4, -0.2) is 5.80 Å². The summed E-state index contributed by atoms with van der Waals surface area (Å²) in [6, 6.07) is 0. The molecule has 0 heterocycles. The van der Waals surface area contributed by atoms with Crippen molar-refractivity contribution in [1.82, 2.24) is 0 Å². The van der Waals surface area contributed by atoms with Gasteiger partial charge in [0.2, 0.25) is 0 Å². The first-order valence-corrected chi connectivity index (χ1v) is 3.20. The van der Waals surface area contributed by atoms with Crippen LogP contribution in [-0.2, 0) is 0 Å². The second kappa shape index (κ2) is 5.65. The van der Waals surface area contributed by atoms with Crippen molar-refractivity contribution in [3.8, 4) is 0 Å². The Hall–Kier alpha value is -0.350. The lowest BCUT2D eigenvalue weighted by Crippen LogP contribution is -1.39. The molecular formula is C6H9P. The van der Waals surface area contributed by atoms with E-state index in [4.69, 9.17) is 0 Å². The zero-order chi connectivity index (χ0) is 5.54. The predicted octanol–water partition coefficient (Wildman–Crippen LogP) is 2.45. The summed E-state index contributed by atoms with van der Waals surface area (Å²) in [5.41, 5.74) is 0. The lowest BCUT2D eigenvalue weighted by atomic mass is 10.6. The average Bonchev–Trinajstić information content (AvgIpc) is 1.69. The summed E-state index contributed by atoms with van der Waals surface area (Å²) >= 11 is 0. The zero-order valence-corrected chi connectivity index (χ0v) is 5.36. The quantitative estimate of drug-likeness (QED) is 0.380. The van der Waals surface area contributed by atoms with E-state index in [1.54, 1.807) is 6.08 Å². The standard InChI is InChI=1S/C6H9P/c1-3-5-6-7-4-2/h3-6H,1H2,2H3. The first-order chi connectivity index (χ1) is 3.41. The molecule has 0 saturated heterocycles. The minimum atomic E-state index is 1.25. The molecule has 0 nitrogen and oxygen atoms in total. The molecular weight excluding hydrogens is 103 g/mol. The van der Waals surface area contributed by atoms with E-state index in [1.807, 2.05) is 18.8 Å². The van der Waals surface area contributed by atoms with Crippen LogP contribution < -0.4 is 0 Å². The van der Waals surface area contributed by atoms with E-state index in [-0.39, 0.29) is 0 Å². The van der Waals surface area contributed by atoms with Gasteiger partial charge in [0.1, 0.15) is 0 Å². The van der Waals surface area contributed by atoms with Crippen LogP contribution in [0.25, 0.3) is 0 Å². The van der Waals surface area contributed by atoms with Crippen molar-refractivity contribution < 1.29 is 0 Å². The van der Waals surface area contributed by atoms with E-state index >= 15 is 0 Å². The molecule has 7 heavy (non-hydrogen) atoms. The van der Waals surface area contributed by atoms with Gasteiger partial charge >= 0.3 is 0 Å². The summed E-state index contributed by atoms with van der Waals surface area (Å²) in [7, 11) is 1.25. The molecule has 0 unspecified atom stereocenters. The molecule has 0 amide bonds. The van der Waals surface area contributed by atoms with Crippen molar-refractivity contribution in [3.63, 3.8) is 0 Å². The van der Waals surface area contributed by atoms with Crippen molar-refractivity contribution in [2.75, 3.05) is 0 Å². The Labute approximate surface area is 46.4 Å². The smallest absolute Gasteiger partial charge is 0.0350 e. The molecule has 0 aromatic heterocycles. The van der Waals surface area contributed by atoms with E-state index in [2.05, 4.69) is 12.4 Å². The van der Waals surface area contributed by atoms with Crippen LogP contribution in [0.15, 0.2) is 24.5 Å². The van der Waals surface area contributed by atoms with Crippen LogP contribution in [0, 0.1) is 0 Å². The molecule has 38 valence electrons. The lowest BCUT2D eigenvalue weighted by molar-refractivity contribution is 2.11. The predicted molar refractivity (Wildman–Crippen MR) is 38.0 cm³/mol. The fourth-order valence-corrected chi connectivity index (χ4v) is 0.590. The van der Waals surface area contributed by atoms with Gasteiger partial charge in [0, 0.05) is 0 Å². The molecule has 0 aliphatic heterocycles. The highest BCUT2D eigenvalue weighted by Crippen LogP contribution is 1.93. The van der Waals surface area contributed by atoms with Crippen molar-refractivity contribution in [2.24, 2.45) is 0 Å². The van der Waals surface area contributed by atoms with Crippen molar-refractivity contribution in [3.05, 3.63) is 24.5 Å². The maximum absolute atomic E-state index is 3.53. The summed E-state index contributed by atoms with van der Waals surface area (Å²) in [6.07, 6.45) is 3.71. The Bertz CT molecular complexity index is 90.4. The van der Waals surface area contributed by atoms with Gasteiger partial charge in [0.25, 0.3) is 0 Å². The molecule has 0 spiro atoms. The minimum absolute atomic E-state index is 1.25. The molecule has 0 saturated carbocycles. The number of hydrogen-bond donors (Lipinski definition) is 0. The first kappa shape index (κ1) is 6.65. The monoisotopic (exact) mass is 112 g/mol. The van der Waals surface area contributed by atoms with Gasteiger partial charge < -0.3 is 0 Å². The Balaban J connectivity index is 3.27. The Morgan fingerprint density at radius 3 is 2.71 bits per heavy atom. The molecule has 0 rings (SSSR count). The summed E-state index contributed by atoms with van der Waals surface area (Å²) in [5.74, 6) is 4.10. The molecule has 0 atom stereocenters. The van der Waals surface area contributed by atoms with Gasteiger partial charge in [-0.15, -0.1) is 0 Å². The lowest BCUT2D eigenvalue weighted by Gasteiger charge is -1.64. The Kier molecular flexibility index (Phi) is 5.37. The first-order valence-electron chi connectivity index (χ1n) is 2.17. The zero-order valence-electron chi connectivity index (χ0n) is 4.46. The second-order valence-electron chi connectivity index (χ2n) is 0.984. The van der Waals surface area contributed by atoms with Crippen LogP contribution in [0.2, 0.25) is 0 Å². The van der Waals surface area contributed by atoms with Gasteiger partial charge in [0.05, 0.1) is 0 Å². The van der Waals surface area contributed by atoms with Crippen LogP contribution >= 0.6 is 8.20 Å². The molecule has 0 aliphatic carbocycles. The molecule has 0 aromatic rings. The third kappa shape index (κ3) is 5.65. The van der Waals surface area contributed by atoms with Crippen molar-refractivity contribution >= 4 is 14.0 Å². The summed E-state index contributed by atoms with van der Waals surface area (Å²) < 4.78 is 0. The molecule has 0 N–H and O–H groups in total. The number of allylic oxidation sites excluding steroid dienone is 2. The van der Waals surface area contributed by atoms with Crippen LogP contribution in [0.3, 0.4) is 0 Å². The molecule has 0 radical (unpaired) electrons. The largest absolute Gasteiger partial charge is 0.0991 e. The van der Waals surface area contributed by atoms with E-state index in [0.29, 0.717) is 0 Å². The highest BCUT2D eigenvalue weighted by atomic mass is 31.1. The van der Waals surface area contributed by atoms with Crippen LogP contribution in [0.5, 0.6) is 0 Å². The van der Waals surface area contributed by atoms with Gasteiger partial charge in [-0.3, -0.25) is 0 Å². The third-order valence-corrected chi connectivity index (χ3v) is 1.10. The normalized spacial score (nSPS) is 11.0. The van der Waals surface area contributed by atoms with Gasteiger partial charge in [-0.2, -0.15) is 0 Å². The van der Waals surface area contributed by atoms with Crippen LogP contribution in [0.1, 0.15) is 6.92 Å². The fraction of sp³-hybridized carbons (Fsp3) is 0.167. The van der Waals surface area contributed by atoms with Crippen molar-refractivity contribution in [1.29, 1.82) is 0 Å². The highest BCUT2D eigenvalue weighted by molar-refractivity contribution is 7.41. The summed E-state index contributed by atoms with van der Waals surface area (Å²) in [4.78, 5) is 0. The maximum atomic E-state index is 3.53. The minimum Gasteiger partial charge on any atom is -0.0991 e. The SMILES string of the molecule is C=CC=CP=CC. The van der Waals surface area contributed by atoms with Crippen molar-refractivity contribution in [2.45, 2.75) is 6.92 Å². The fourth-order valence-electron chi connectivity index (χ4n) is 0.197. The van der Waals surface area contributed by atoms with E-state index < -0.39 is 0 Å². The number of rotatable bonds is 2. The highest BCUT2D eigenvalue weighted by Gasteiger charge is 1.53. The van der Waals surface area contributed by atoms with Crippen LogP contribution in [0.4, 0.5) is 0 Å². The molecule has 0 bridgehead atoms. The summed E-state index contributed by atoms with van der Waals surface area (Å²) in [5, 5.41) is 0. The molecule has 0 aromatic carbocycles. The average molecular weight is 112 g/mol.